The van der Waals surface area contributed by atoms with Gasteiger partial charge in [0.15, 0.2) is 0 Å². The van der Waals surface area contributed by atoms with E-state index in [4.69, 9.17) is 23.7 Å². The summed E-state index contributed by atoms with van der Waals surface area (Å²) in [6, 6.07) is 7.09. The molecule has 1 nitrogen and oxygen atoms in total. The van der Waals surface area contributed by atoms with Crippen LogP contribution < -0.4 is 0 Å². The van der Waals surface area contributed by atoms with Crippen LogP contribution in [-0.4, -0.2) is 5.11 Å². The quantitative estimate of drug-likeness (QED) is 0.675. The number of phenolic OH excluding ortho intramolecular Hbond substituents is 1. The Balaban J connectivity index is 0.000000292. The summed E-state index contributed by atoms with van der Waals surface area (Å²) in [5, 5.41) is 8.76. The van der Waals surface area contributed by atoms with Gasteiger partial charge in [-0.05, 0) is 19.1 Å². The van der Waals surface area contributed by atoms with E-state index >= 15 is 0 Å². The first kappa shape index (κ1) is 11.3. The Morgan fingerprint density at radius 3 is 1.82 bits per heavy atom. The Kier molecular flexibility index (Phi) is 7.19. The van der Waals surface area contributed by atoms with Crippen LogP contribution in [0.2, 0.25) is 0 Å². The fourth-order valence-electron chi connectivity index (χ4n) is 0.545. The first-order chi connectivity index (χ1) is 5.20. The molecule has 0 aromatic heterocycles. The molecule has 4 heteroatoms. The molecule has 60 valence electrons. The number of rotatable bonds is 0. The summed E-state index contributed by atoms with van der Waals surface area (Å²) in [7, 11) is 9.78. The monoisotopic (exact) mass is 226 g/mol. The van der Waals surface area contributed by atoms with Crippen LogP contribution in [0.1, 0.15) is 5.56 Å². The van der Waals surface area contributed by atoms with Crippen LogP contribution in [0.4, 0.5) is 0 Å². The van der Waals surface area contributed by atoms with E-state index in [1.54, 1.807) is 12.1 Å². The third-order valence-electron chi connectivity index (χ3n) is 1.03. The molecule has 1 rings (SSSR count). The molecule has 0 aliphatic heterocycles. The van der Waals surface area contributed by atoms with E-state index in [-0.39, 0.29) is 0 Å². The minimum atomic E-state index is -0.556. The summed E-state index contributed by atoms with van der Waals surface area (Å²) in [6.45, 7) is 1.99. The second-order valence-electron chi connectivity index (χ2n) is 1.91. The SMILES string of the molecule is Cc1ccc(O)cc1.[Cl][Ti][Cl]. The predicted octanol–water partition coefficient (Wildman–Crippen LogP) is 3.08. The molecule has 1 N–H and O–H groups in total. The van der Waals surface area contributed by atoms with E-state index in [1.165, 1.54) is 5.56 Å². The average molecular weight is 227 g/mol. The zero-order valence-corrected chi connectivity index (χ0v) is 9.09. The summed E-state index contributed by atoms with van der Waals surface area (Å²) in [5.41, 5.74) is 1.17. The van der Waals surface area contributed by atoms with Crippen molar-refractivity contribution in [2.45, 2.75) is 6.92 Å². The van der Waals surface area contributed by atoms with Gasteiger partial charge in [0.1, 0.15) is 5.75 Å². The van der Waals surface area contributed by atoms with Crippen molar-refractivity contribution >= 4 is 18.6 Å². The summed E-state index contributed by atoms with van der Waals surface area (Å²) in [5.74, 6) is 0.329. The number of phenols is 1. The van der Waals surface area contributed by atoms with Crippen LogP contribution in [0.25, 0.3) is 0 Å². The van der Waals surface area contributed by atoms with Crippen LogP contribution in [0.3, 0.4) is 0 Å². The molecule has 11 heavy (non-hydrogen) atoms. The molecule has 0 heterocycles. The maximum absolute atomic E-state index is 8.76. The van der Waals surface area contributed by atoms with Gasteiger partial charge in [0.25, 0.3) is 0 Å². The van der Waals surface area contributed by atoms with Gasteiger partial charge in [-0.2, -0.15) is 0 Å². The van der Waals surface area contributed by atoms with Gasteiger partial charge in [0, 0.05) is 0 Å². The molecule has 1 aromatic rings. The minimum absolute atomic E-state index is 0.329. The van der Waals surface area contributed by atoms with Gasteiger partial charge >= 0.3 is 35.6 Å². The van der Waals surface area contributed by atoms with Gasteiger partial charge in [-0.15, -0.1) is 0 Å². The van der Waals surface area contributed by atoms with E-state index < -0.39 is 17.0 Å². The zero-order valence-electron chi connectivity index (χ0n) is 6.01. The first-order valence-corrected chi connectivity index (χ1v) is 7.22. The predicted molar refractivity (Wildman–Crippen MR) is 44.5 cm³/mol. The molecule has 0 saturated heterocycles. The van der Waals surface area contributed by atoms with E-state index in [2.05, 4.69) is 0 Å². The Hall–Kier alpha value is 0.314. The van der Waals surface area contributed by atoms with Gasteiger partial charge < -0.3 is 5.11 Å². The standard InChI is InChI=1S/C7H8O.2ClH.Ti/c1-6-2-4-7(8)5-3-6;;;/h2-5,8H,1H3;2*1H;/q;;;+2/p-2. The molecule has 0 unspecified atom stereocenters. The summed E-state index contributed by atoms with van der Waals surface area (Å²) >= 11 is -0.556. The molecule has 0 bridgehead atoms. The van der Waals surface area contributed by atoms with Crippen molar-refractivity contribution < 1.29 is 22.1 Å². The average Bonchev–Trinajstić information content (AvgIpc) is 1.97. The molecular formula is C7H8Cl2OTi. The molecule has 0 aliphatic rings. The second-order valence-corrected chi connectivity index (χ2v) is 4.49. The van der Waals surface area contributed by atoms with Gasteiger partial charge in [-0.25, -0.2) is 0 Å². The molecule has 0 saturated carbocycles. The van der Waals surface area contributed by atoms with Crippen LogP contribution in [0.5, 0.6) is 5.75 Å². The molecule has 0 fully saturated rings. The van der Waals surface area contributed by atoms with Crippen LogP contribution >= 0.6 is 18.6 Å². The Labute approximate surface area is 83.0 Å². The third-order valence-corrected chi connectivity index (χ3v) is 1.03. The molecule has 0 spiro atoms. The van der Waals surface area contributed by atoms with Crippen molar-refractivity contribution in [1.29, 1.82) is 0 Å². The fourth-order valence-corrected chi connectivity index (χ4v) is 0.545. The maximum atomic E-state index is 8.76. The Morgan fingerprint density at radius 2 is 1.55 bits per heavy atom. The van der Waals surface area contributed by atoms with E-state index in [9.17, 15) is 0 Å². The molecule has 0 amide bonds. The van der Waals surface area contributed by atoms with Gasteiger partial charge in [-0.1, -0.05) is 17.7 Å². The zero-order chi connectivity index (χ0) is 8.69. The molecule has 0 aliphatic carbocycles. The normalized spacial score (nSPS) is 7.91. The molecule has 0 radical (unpaired) electrons. The van der Waals surface area contributed by atoms with Crippen molar-refractivity contribution in [3.63, 3.8) is 0 Å². The molecular weight excluding hydrogens is 219 g/mol. The number of benzene rings is 1. The van der Waals surface area contributed by atoms with E-state index in [0.29, 0.717) is 5.75 Å². The first-order valence-electron chi connectivity index (χ1n) is 2.92. The van der Waals surface area contributed by atoms with Crippen molar-refractivity contribution in [3.8, 4) is 5.75 Å². The summed E-state index contributed by atoms with van der Waals surface area (Å²) in [6.07, 6.45) is 0. The van der Waals surface area contributed by atoms with Crippen LogP contribution in [-0.2, 0) is 17.0 Å². The number of halogens is 2. The van der Waals surface area contributed by atoms with Crippen LogP contribution in [0, 0.1) is 6.92 Å². The fraction of sp³-hybridized carbons (Fsp3) is 0.143. The Bertz CT molecular complexity index is 167. The second kappa shape index (κ2) is 6.99. The topological polar surface area (TPSA) is 20.2 Å². The number of hydrogen-bond acceptors (Lipinski definition) is 1. The summed E-state index contributed by atoms with van der Waals surface area (Å²) < 4.78 is 0. The number of aryl methyl sites for hydroxylation is 1. The Morgan fingerprint density at radius 1 is 1.18 bits per heavy atom. The number of hydrogen-bond donors (Lipinski definition) is 1. The van der Waals surface area contributed by atoms with Crippen molar-refractivity contribution in [2.75, 3.05) is 0 Å². The third kappa shape index (κ3) is 6.70. The molecule has 0 atom stereocenters. The number of aromatic hydroxyl groups is 1. The van der Waals surface area contributed by atoms with Crippen molar-refractivity contribution in [2.24, 2.45) is 0 Å². The van der Waals surface area contributed by atoms with E-state index in [0.717, 1.165) is 0 Å². The van der Waals surface area contributed by atoms with Gasteiger partial charge in [0.2, 0.25) is 0 Å². The summed E-state index contributed by atoms with van der Waals surface area (Å²) in [4.78, 5) is 0. The van der Waals surface area contributed by atoms with Crippen molar-refractivity contribution in [1.82, 2.24) is 0 Å². The van der Waals surface area contributed by atoms with E-state index in [1.807, 2.05) is 19.1 Å². The van der Waals surface area contributed by atoms with Crippen LogP contribution in [0.15, 0.2) is 24.3 Å². The van der Waals surface area contributed by atoms with Gasteiger partial charge in [-0.3, -0.25) is 0 Å². The van der Waals surface area contributed by atoms with Gasteiger partial charge in [0.05, 0.1) is 0 Å². The molecule has 1 aromatic carbocycles. The van der Waals surface area contributed by atoms with Crippen molar-refractivity contribution in [3.05, 3.63) is 29.8 Å².